The molecule has 732 valence electrons. The molecule has 0 aliphatic carbocycles. The van der Waals surface area contributed by atoms with Gasteiger partial charge in [0.2, 0.25) is 0 Å². The molecule has 0 fully saturated rings. The predicted octanol–water partition coefficient (Wildman–Crippen LogP) is 33.0. The summed E-state index contributed by atoms with van der Waals surface area (Å²) in [4.78, 5) is 20.4. The summed E-state index contributed by atoms with van der Waals surface area (Å²) in [6, 6.07) is 157. The van der Waals surface area contributed by atoms with Gasteiger partial charge < -0.3 is 101 Å². The minimum absolute atomic E-state index is 0.729. The first kappa shape index (κ1) is 96.8. The number of anilines is 27. The minimum atomic E-state index is 0.729. The monoisotopic (exact) mass is 1940 g/mol. The van der Waals surface area contributed by atoms with Crippen LogP contribution in [0.3, 0.4) is 0 Å². The lowest BCUT2D eigenvalue weighted by atomic mass is 10.1. The number of methoxy groups -OCH3 is 12. The minimum Gasteiger partial charge on any atom is -0.497 e. The van der Waals surface area contributed by atoms with Crippen molar-refractivity contribution >= 4 is 154 Å². The van der Waals surface area contributed by atoms with Crippen LogP contribution in [0.25, 0.3) is 0 Å². The number of hydrogen-bond acceptors (Lipinski definition) is 21. The Kier molecular flexibility index (Phi) is 29.5. The molecule has 0 radical (unpaired) electrons. The summed E-state index contributed by atoms with van der Waals surface area (Å²) < 4.78 is 69.3. The van der Waals surface area contributed by atoms with E-state index in [0.717, 1.165) is 223 Å². The van der Waals surface area contributed by atoms with Gasteiger partial charge in [-0.15, -0.1) is 0 Å². The van der Waals surface area contributed by atoms with Crippen LogP contribution in [-0.4, -0.2) is 85.3 Å². The molecular weight excluding hydrogens is 1830 g/mol. The summed E-state index contributed by atoms with van der Waals surface area (Å²) in [5.41, 5.74) is 23.5. The molecule has 21 heteroatoms. The maximum atomic E-state index is 5.78. The van der Waals surface area contributed by atoms with Crippen molar-refractivity contribution in [2.24, 2.45) is 0 Å². The number of rotatable bonds is 39. The lowest BCUT2D eigenvalue weighted by Gasteiger charge is -2.34. The fourth-order valence-corrected chi connectivity index (χ4v) is 18.3. The van der Waals surface area contributed by atoms with Crippen molar-refractivity contribution in [2.75, 3.05) is 129 Å². The molecule has 0 aliphatic heterocycles. The number of benzene rings is 19. The van der Waals surface area contributed by atoms with E-state index < -0.39 is 0 Å². The van der Waals surface area contributed by atoms with E-state index in [1.807, 2.05) is 146 Å². The van der Waals surface area contributed by atoms with E-state index >= 15 is 0 Å². The van der Waals surface area contributed by atoms with Gasteiger partial charge in [0.05, 0.1) is 102 Å². The summed E-state index contributed by atoms with van der Waals surface area (Å²) in [7, 11) is 20.2. The fourth-order valence-electron chi connectivity index (χ4n) is 18.3. The van der Waals surface area contributed by atoms with Crippen LogP contribution >= 0.6 is 0 Å². The first-order chi connectivity index (χ1) is 72.2. The Balaban J connectivity index is 0.888. The largest absolute Gasteiger partial charge is 0.497 e. The molecule has 19 aromatic carbocycles. The van der Waals surface area contributed by atoms with Crippen molar-refractivity contribution in [3.05, 3.63) is 455 Å². The molecule has 19 aromatic rings. The molecule has 0 aliphatic rings. The Morgan fingerprint density at radius 1 is 0.0816 bits per heavy atom. The summed E-state index contributed by atoms with van der Waals surface area (Å²) in [5.74, 6) is 8.75. The van der Waals surface area contributed by atoms with Gasteiger partial charge >= 0.3 is 0 Å². The van der Waals surface area contributed by atoms with E-state index in [9.17, 15) is 0 Å². The summed E-state index contributed by atoms with van der Waals surface area (Å²) in [5, 5.41) is 0. The Hall–Kier alpha value is -19.0. The predicted molar refractivity (Wildman–Crippen MR) is 597 cm³/mol. The third-order valence-corrected chi connectivity index (χ3v) is 25.8. The third-order valence-electron chi connectivity index (χ3n) is 25.8. The molecule has 0 heterocycles. The zero-order chi connectivity index (χ0) is 101. The lowest BCUT2D eigenvalue weighted by Crippen LogP contribution is -2.17. The second kappa shape index (κ2) is 44.8. The zero-order valence-corrected chi connectivity index (χ0v) is 83.7. The molecule has 0 amide bonds. The maximum absolute atomic E-state index is 5.78. The van der Waals surface area contributed by atoms with Crippen LogP contribution in [0.4, 0.5) is 154 Å². The van der Waals surface area contributed by atoms with Crippen LogP contribution in [0.5, 0.6) is 69.0 Å². The van der Waals surface area contributed by atoms with Gasteiger partial charge in [-0.1, -0.05) is 0 Å². The lowest BCUT2D eigenvalue weighted by molar-refractivity contribution is 0.414. The summed E-state index contributed by atoms with van der Waals surface area (Å²) in [6.45, 7) is 0. The van der Waals surface area contributed by atoms with Crippen molar-refractivity contribution < 1.29 is 56.8 Å². The Morgan fingerprint density at radius 3 is 0.197 bits per heavy atom. The second-order valence-electron chi connectivity index (χ2n) is 34.2. The van der Waals surface area contributed by atoms with Crippen LogP contribution in [0.15, 0.2) is 455 Å². The van der Waals surface area contributed by atoms with E-state index in [1.54, 1.807) is 85.3 Å². The Labute approximate surface area is 858 Å². The van der Waals surface area contributed by atoms with E-state index in [2.05, 4.69) is 353 Å². The number of nitrogens with zero attached hydrogens (tertiary/aromatic N) is 9. The molecule has 0 saturated heterocycles. The summed E-state index contributed by atoms with van der Waals surface area (Å²) in [6.07, 6.45) is 0. The second-order valence-corrected chi connectivity index (χ2v) is 34.2. The van der Waals surface area contributed by atoms with Gasteiger partial charge in [-0.3, -0.25) is 0 Å². The smallest absolute Gasteiger partial charge is 0.119 e. The van der Waals surface area contributed by atoms with Crippen molar-refractivity contribution in [3.8, 4) is 69.0 Å². The fraction of sp³-hybridized carbons (Fsp3) is 0.0952. The molecule has 21 nitrogen and oxygen atoms in total. The van der Waals surface area contributed by atoms with Gasteiger partial charge in [0.25, 0.3) is 0 Å². The van der Waals surface area contributed by atoms with Crippen LogP contribution in [-0.2, 0) is 0 Å². The van der Waals surface area contributed by atoms with Crippen LogP contribution in [0.1, 0.15) is 0 Å². The molecule has 147 heavy (non-hydrogen) atoms. The van der Waals surface area contributed by atoms with Crippen LogP contribution in [0.2, 0.25) is 0 Å². The van der Waals surface area contributed by atoms with Crippen molar-refractivity contribution in [1.29, 1.82) is 0 Å². The molecule has 0 aromatic heterocycles. The molecule has 0 spiro atoms. The normalized spacial score (nSPS) is 10.9. The van der Waals surface area contributed by atoms with Gasteiger partial charge in [-0.25, -0.2) is 0 Å². The van der Waals surface area contributed by atoms with E-state index in [4.69, 9.17) is 56.8 Å². The average molecular weight is 1940 g/mol. The number of ether oxygens (including phenoxy) is 12. The molecule has 19 rings (SSSR count). The molecule has 0 unspecified atom stereocenters. The highest BCUT2D eigenvalue weighted by molar-refractivity contribution is 5.94. The van der Waals surface area contributed by atoms with Crippen LogP contribution in [0, 0.1) is 0 Å². The van der Waals surface area contributed by atoms with Crippen LogP contribution < -0.4 is 101 Å². The highest BCUT2D eigenvalue weighted by atomic mass is 16.5. The quantitative estimate of drug-likeness (QED) is 0.0360. The number of hydrogen-bond donors (Lipinski definition) is 0. The first-order valence-electron chi connectivity index (χ1n) is 47.9. The molecule has 0 bridgehead atoms. The zero-order valence-electron chi connectivity index (χ0n) is 83.7. The Bertz CT molecular complexity index is 6080. The first-order valence-corrected chi connectivity index (χ1v) is 47.9. The van der Waals surface area contributed by atoms with Gasteiger partial charge in [0.15, 0.2) is 0 Å². The topological polar surface area (TPSA) is 140 Å². The van der Waals surface area contributed by atoms with Crippen molar-refractivity contribution in [3.63, 3.8) is 0 Å². The molecule has 0 atom stereocenters. The SMILES string of the molecule is COc1ccc(N(c2ccc(OC)cc2)c2ccc(N(c3ccc(N(c4ccc(OC)cc4)c4ccc(OC)cc4)cc3)c3cc(N(c4ccc(N(c5ccc(OC)cc5)c5ccc(OC)cc5)cc4)c4ccc(N(c5ccc(OC)cc5)c5ccc(OC)cc5)cc4)cc(N(c4ccc(N(c5ccc(OC)cc5)c5ccc(OC)cc5)cc4)c4ccc(N(c5ccc(OC)cc5)c5ccc(OC)cc5)cc4)c3)cc2)cc1. The van der Waals surface area contributed by atoms with Crippen molar-refractivity contribution in [2.45, 2.75) is 0 Å². The molecular formula is C126H111N9O12. The van der Waals surface area contributed by atoms with E-state index in [1.165, 1.54) is 0 Å². The van der Waals surface area contributed by atoms with E-state index in [-0.39, 0.29) is 0 Å². The third kappa shape index (κ3) is 21.3. The summed E-state index contributed by atoms with van der Waals surface area (Å²) >= 11 is 0. The maximum Gasteiger partial charge on any atom is 0.119 e. The van der Waals surface area contributed by atoms with Gasteiger partial charge in [-0.2, -0.15) is 0 Å². The average Bonchev–Trinajstić information content (AvgIpc) is 0.753. The van der Waals surface area contributed by atoms with Gasteiger partial charge in [0, 0.05) is 136 Å². The van der Waals surface area contributed by atoms with Crippen molar-refractivity contribution in [1.82, 2.24) is 0 Å². The highest BCUT2D eigenvalue weighted by Gasteiger charge is 2.29. The Morgan fingerprint density at radius 2 is 0.136 bits per heavy atom. The highest BCUT2D eigenvalue weighted by Crippen LogP contribution is 2.52. The molecule has 0 N–H and O–H groups in total. The van der Waals surface area contributed by atoms with Gasteiger partial charge in [-0.05, 0) is 455 Å². The standard InChI is InChI=1S/C126H111N9O12/c1-136-115-61-37-100(38-62-115)127(101-39-63-116(137-2)64-40-101)88-13-25-94(26-14-88)133(95-27-15-89(16-28-95)128(102-41-65-117(138-3)66-42-102)103-43-67-118(139-4)68-44-103)112-85-113(134(96-29-17-90(18-30-96)129(104-45-69-119(140-5)70-46-104)105-47-71-120(141-6)72-48-105)97-31-19-91(20-32-97)130(106-49-73-121(142-7)74-50-106)107-51-75-122(143-8)76-52-107)87-114(86-112)135(98-33-21-92(22-34-98)131(108-53-77-123(144-9)78-54-108)109-55-79-124(145-10)80-56-109)99-35-23-93(24-36-99)132(110-57-81-125(146-11)82-58-110)111-59-83-126(147-12)84-60-111/h13-87H,1-12H3. The molecule has 0 saturated carbocycles. The van der Waals surface area contributed by atoms with Gasteiger partial charge in [0.1, 0.15) is 69.0 Å². The van der Waals surface area contributed by atoms with E-state index in [0.29, 0.717) is 0 Å².